The first-order valence-electron chi connectivity index (χ1n) is 9.68. The maximum atomic E-state index is 14.2. The third kappa shape index (κ3) is 3.53. The number of methoxy groups -OCH3 is 1. The van der Waals surface area contributed by atoms with Gasteiger partial charge in [-0.25, -0.2) is 4.39 Å². The van der Waals surface area contributed by atoms with E-state index in [4.69, 9.17) is 6.11 Å². The molecule has 150 valence electrons. The Morgan fingerprint density at radius 2 is 2.14 bits per heavy atom. The molecule has 1 atom stereocenters. The van der Waals surface area contributed by atoms with Crippen molar-refractivity contribution in [2.24, 2.45) is 0 Å². The van der Waals surface area contributed by atoms with Crippen LogP contribution in [0.25, 0.3) is 0 Å². The number of nitrogens with one attached hydrogen (secondary N) is 2. The van der Waals surface area contributed by atoms with Gasteiger partial charge in [0.1, 0.15) is 17.6 Å². The highest BCUT2D eigenvalue weighted by Crippen LogP contribution is 2.32. The van der Waals surface area contributed by atoms with E-state index in [1.165, 1.54) is 18.1 Å². The van der Waals surface area contributed by atoms with E-state index in [0.29, 0.717) is 28.1 Å². The molecule has 2 heterocycles. The quantitative estimate of drug-likeness (QED) is 0.754. The number of nitrogens with zero attached hydrogens (tertiary/aromatic N) is 1. The van der Waals surface area contributed by atoms with Gasteiger partial charge in [-0.05, 0) is 24.6 Å². The number of amides is 3. The van der Waals surface area contributed by atoms with Gasteiger partial charge in [-0.2, -0.15) is 0 Å². The number of benzene rings is 2. The number of carbonyl (C=O) groups is 3. The Morgan fingerprint density at radius 1 is 1.31 bits per heavy atom. The van der Waals surface area contributed by atoms with Gasteiger partial charge in [-0.1, -0.05) is 12.1 Å². The van der Waals surface area contributed by atoms with Crippen molar-refractivity contribution in [3.63, 3.8) is 0 Å². The first-order chi connectivity index (χ1) is 14.3. The Morgan fingerprint density at radius 3 is 2.86 bits per heavy atom. The number of ether oxygens (including phenoxy) is 1. The summed E-state index contributed by atoms with van der Waals surface area (Å²) in [7, 11) is 1.46. The second-order valence-corrected chi connectivity index (χ2v) is 6.86. The molecule has 0 bridgehead atoms. The molecule has 1 fully saturated rings. The van der Waals surface area contributed by atoms with E-state index in [-0.39, 0.29) is 25.9 Å². The molecule has 0 unspecified atom stereocenters. The maximum Gasteiger partial charge on any atom is 0.255 e. The van der Waals surface area contributed by atoms with Crippen molar-refractivity contribution in [2.45, 2.75) is 31.9 Å². The van der Waals surface area contributed by atoms with Crippen LogP contribution in [0.2, 0.25) is 0 Å². The Hall–Kier alpha value is -3.42. The second-order valence-electron chi connectivity index (χ2n) is 6.86. The van der Waals surface area contributed by atoms with Crippen LogP contribution < -0.4 is 15.4 Å². The Bertz CT molecular complexity index is 1060. The van der Waals surface area contributed by atoms with Gasteiger partial charge < -0.3 is 15.0 Å². The fraction of sp³-hybridized carbons (Fsp3) is 0.286. The summed E-state index contributed by atoms with van der Waals surface area (Å²) in [5, 5.41) is 5.28. The zero-order valence-electron chi connectivity index (χ0n) is 16.8. The van der Waals surface area contributed by atoms with Crippen LogP contribution in [0, 0.1) is 5.82 Å². The van der Waals surface area contributed by atoms with Gasteiger partial charge in [0, 0.05) is 48.0 Å². The predicted molar refractivity (Wildman–Crippen MR) is 103 cm³/mol. The van der Waals surface area contributed by atoms with E-state index in [1.807, 2.05) is 0 Å². The van der Waals surface area contributed by atoms with Crippen LogP contribution in [0.5, 0.6) is 5.75 Å². The minimum Gasteiger partial charge on any atom is -0.497 e. The van der Waals surface area contributed by atoms with Crippen LogP contribution in [0.1, 0.15) is 35.7 Å². The monoisotopic (exact) mass is 398 g/mol. The largest absolute Gasteiger partial charge is 0.497 e. The number of anilines is 1. The molecule has 2 N–H and O–H groups in total. The van der Waals surface area contributed by atoms with E-state index in [2.05, 4.69) is 10.6 Å². The van der Waals surface area contributed by atoms with Crippen molar-refractivity contribution in [1.29, 1.82) is 0 Å². The molecule has 8 heteroatoms. The minimum absolute atomic E-state index is 0.00276. The van der Waals surface area contributed by atoms with Gasteiger partial charge in [-0.15, -0.1) is 0 Å². The lowest BCUT2D eigenvalue weighted by molar-refractivity contribution is -0.136. The molecule has 2 aliphatic rings. The number of piperidine rings is 1. The highest BCUT2D eigenvalue weighted by Gasteiger charge is 2.39. The van der Waals surface area contributed by atoms with E-state index >= 15 is 0 Å². The molecular weight excluding hydrogens is 377 g/mol. The summed E-state index contributed by atoms with van der Waals surface area (Å²) in [5.41, 5.74) is 2.06. The zero-order chi connectivity index (χ0) is 21.5. The van der Waals surface area contributed by atoms with Crippen LogP contribution in [0.3, 0.4) is 0 Å². The molecule has 29 heavy (non-hydrogen) atoms. The topological polar surface area (TPSA) is 87.7 Å². The first-order valence-corrected chi connectivity index (χ1v) is 9.18. The van der Waals surface area contributed by atoms with Gasteiger partial charge in [0.25, 0.3) is 5.91 Å². The maximum absolute atomic E-state index is 14.2. The van der Waals surface area contributed by atoms with Crippen LogP contribution in [0.15, 0.2) is 36.4 Å². The van der Waals surface area contributed by atoms with Crippen molar-refractivity contribution in [3.8, 4) is 5.75 Å². The standard InChI is InChI=1S/C21H20FN3O4/c1-29-13-6-5-12(16(22)9-13)10-23-17-4-2-3-14-15(17)11-25(21(14)28)18-7-8-19(26)24-20(18)27/h2-6,9,18,23H,7-8,10-11H2,1H3,(H,24,26,27)/t18-/m1/s1/i18D. The minimum atomic E-state index is -1.84. The number of fused-ring (bicyclic) bond motifs is 1. The van der Waals surface area contributed by atoms with E-state index in [0.717, 1.165) is 0 Å². The summed E-state index contributed by atoms with van der Waals surface area (Å²) >= 11 is 0. The SMILES string of the molecule is [2H][C@@]1(N2Cc3c(NCc4ccc(OC)cc4F)cccc3C2=O)CCC(=O)NC1=O. The second kappa shape index (κ2) is 7.54. The Labute approximate surface area is 168 Å². The van der Waals surface area contributed by atoms with Gasteiger partial charge in [0.15, 0.2) is 0 Å². The number of hydrogen-bond acceptors (Lipinski definition) is 5. The summed E-state index contributed by atoms with van der Waals surface area (Å²) in [5.74, 6) is -1.68. The lowest BCUT2D eigenvalue weighted by Gasteiger charge is -2.29. The molecule has 0 aromatic heterocycles. The molecule has 4 rings (SSSR count). The van der Waals surface area contributed by atoms with Gasteiger partial charge in [0.2, 0.25) is 11.8 Å². The first kappa shape index (κ1) is 17.7. The highest BCUT2D eigenvalue weighted by molar-refractivity contribution is 6.06. The molecule has 2 aromatic carbocycles. The fourth-order valence-electron chi connectivity index (χ4n) is 3.57. The van der Waals surface area contributed by atoms with Crippen molar-refractivity contribution < 1.29 is 24.9 Å². The molecule has 0 saturated carbocycles. The van der Waals surface area contributed by atoms with E-state index in [1.54, 1.807) is 30.3 Å². The Balaban J connectivity index is 1.56. The van der Waals surface area contributed by atoms with Crippen LogP contribution >= 0.6 is 0 Å². The predicted octanol–water partition coefficient (Wildman–Crippen LogP) is 2.21. The van der Waals surface area contributed by atoms with Crippen LogP contribution in [0.4, 0.5) is 10.1 Å². The molecule has 0 spiro atoms. The van der Waals surface area contributed by atoms with Crippen molar-refractivity contribution in [1.82, 2.24) is 10.2 Å². The molecule has 2 aliphatic heterocycles. The zero-order valence-corrected chi connectivity index (χ0v) is 15.8. The average molecular weight is 398 g/mol. The van der Waals surface area contributed by atoms with E-state index < -0.39 is 29.6 Å². The van der Waals surface area contributed by atoms with Crippen molar-refractivity contribution in [2.75, 3.05) is 12.4 Å². The third-order valence-corrected chi connectivity index (χ3v) is 5.13. The number of halogens is 1. The summed E-state index contributed by atoms with van der Waals surface area (Å²) in [6.45, 7) is 0.231. The fourth-order valence-corrected chi connectivity index (χ4v) is 3.57. The lowest BCUT2D eigenvalue weighted by atomic mass is 10.0. The average Bonchev–Trinajstić information content (AvgIpc) is 3.08. The van der Waals surface area contributed by atoms with Gasteiger partial charge >= 0.3 is 0 Å². The van der Waals surface area contributed by atoms with Crippen LogP contribution in [-0.2, 0) is 22.7 Å². The molecule has 0 radical (unpaired) electrons. The molecule has 7 nitrogen and oxygen atoms in total. The van der Waals surface area contributed by atoms with Gasteiger partial charge in [-0.3, -0.25) is 19.7 Å². The van der Waals surface area contributed by atoms with Gasteiger partial charge in [0.05, 0.1) is 8.48 Å². The molecule has 2 aromatic rings. The molecule has 1 saturated heterocycles. The number of carbonyl (C=O) groups excluding carboxylic acids is 3. The lowest BCUT2D eigenvalue weighted by Crippen LogP contribution is -2.52. The number of rotatable bonds is 5. The Kier molecular flexibility index (Phi) is 4.59. The summed E-state index contributed by atoms with van der Waals surface area (Å²) in [6.07, 6.45) is -0.0611. The van der Waals surface area contributed by atoms with Crippen LogP contribution in [-0.4, -0.2) is 35.7 Å². The number of imide groups is 1. The summed E-state index contributed by atoms with van der Waals surface area (Å²) in [6, 6.07) is 7.81. The third-order valence-electron chi connectivity index (χ3n) is 5.13. The molecule has 0 aliphatic carbocycles. The summed E-state index contributed by atoms with van der Waals surface area (Å²) < 4.78 is 27.8. The van der Waals surface area contributed by atoms with Crippen molar-refractivity contribution >= 4 is 23.4 Å². The smallest absolute Gasteiger partial charge is 0.255 e. The highest BCUT2D eigenvalue weighted by atomic mass is 19.1. The number of hydrogen-bond donors (Lipinski definition) is 2. The molecular formula is C21H20FN3O4. The summed E-state index contributed by atoms with van der Waals surface area (Å²) in [4.78, 5) is 37.9. The van der Waals surface area contributed by atoms with Crippen molar-refractivity contribution in [3.05, 3.63) is 58.9 Å². The molecule has 3 amide bonds. The normalized spacial score (nSPS) is 21.5. The van der Waals surface area contributed by atoms with E-state index in [9.17, 15) is 18.8 Å².